The molecule has 0 spiro atoms. The van der Waals surface area contributed by atoms with E-state index in [2.05, 4.69) is 5.32 Å². The van der Waals surface area contributed by atoms with E-state index in [4.69, 9.17) is 9.47 Å². The van der Waals surface area contributed by atoms with Crippen molar-refractivity contribution < 1.29 is 32.6 Å². The standard InChI is InChI=1S/C33H34F2N2O5/c1-3-42-32(40)33(21-7-6-8-22(34)19-21)16-13-25(27-20-23(35)11-12-28(27)33)31(39)37-17-14-24(15-18-37)36-30(38)26-9-4-5-10-29(26)41-2/h4-12,19-20,24-25H,3,13-18H2,1-2H3,(H,36,38)/t25?,33-/m1/s1. The number of nitrogens with zero attached hydrogens (tertiary/aromatic N) is 1. The van der Waals surface area contributed by atoms with Crippen LogP contribution >= 0.6 is 0 Å². The molecule has 1 unspecified atom stereocenters. The van der Waals surface area contributed by atoms with Crippen LogP contribution in [0.5, 0.6) is 5.75 Å². The number of carbonyl (C=O) groups excluding carboxylic acids is 3. The van der Waals surface area contributed by atoms with Gasteiger partial charge in [0.2, 0.25) is 5.91 Å². The van der Waals surface area contributed by atoms with Crippen molar-refractivity contribution in [2.24, 2.45) is 0 Å². The summed E-state index contributed by atoms with van der Waals surface area (Å²) >= 11 is 0. The molecule has 42 heavy (non-hydrogen) atoms. The largest absolute Gasteiger partial charge is 0.496 e. The fourth-order valence-corrected chi connectivity index (χ4v) is 6.32. The van der Waals surface area contributed by atoms with E-state index < -0.39 is 28.9 Å². The molecule has 2 amide bonds. The highest BCUT2D eigenvalue weighted by atomic mass is 19.1. The highest BCUT2D eigenvalue weighted by Gasteiger charge is 2.50. The van der Waals surface area contributed by atoms with E-state index in [-0.39, 0.29) is 37.3 Å². The minimum atomic E-state index is -1.37. The van der Waals surface area contributed by atoms with Crippen molar-refractivity contribution in [2.75, 3.05) is 26.8 Å². The number of esters is 1. The van der Waals surface area contributed by atoms with E-state index in [0.717, 1.165) is 0 Å². The van der Waals surface area contributed by atoms with Gasteiger partial charge in [0.15, 0.2) is 0 Å². The molecule has 1 aliphatic heterocycles. The van der Waals surface area contributed by atoms with Gasteiger partial charge in [-0.05, 0) is 85.7 Å². The van der Waals surface area contributed by atoms with Gasteiger partial charge in [-0.25, -0.2) is 8.78 Å². The summed E-state index contributed by atoms with van der Waals surface area (Å²) in [5.74, 6) is -2.16. The average Bonchev–Trinajstić information content (AvgIpc) is 3.00. The normalized spacial score (nSPS) is 20.4. The van der Waals surface area contributed by atoms with Crippen LogP contribution in [0.3, 0.4) is 0 Å². The van der Waals surface area contributed by atoms with Crippen molar-refractivity contribution in [3.05, 3.63) is 101 Å². The smallest absolute Gasteiger partial charge is 0.321 e. The second kappa shape index (κ2) is 12.3. The highest BCUT2D eigenvalue weighted by Crippen LogP contribution is 2.49. The maximum absolute atomic E-state index is 14.7. The zero-order chi connectivity index (χ0) is 29.9. The third-order valence-electron chi connectivity index (χ3n) is 8.39. The number of benzene rings is 3. The van der Waals surface area contributed by atoms with E-state index in [1.165, 1.54) is 43.5 Å². The Labute approximate surface area is 243 Å². The van der Waals surface area contributed by atoms with Gasteiger partial charge in [0.1, 0.15) is 22.8 Å². The Bertz CT molecular complexity index is 1490. The molecule has 1 N–H and O–H groups in total. The van der Waals surface area contributed by atoms with E-state index in [9.17, 15) is 23.2 Å². The third-order valence-corrected chi connectivity index (χ3v) is 8.39. The summed E-state index contributed by atoms with van der Waals surface area (Å²) in [6.45, 7) is 2.66. The summed E-state index contributed by atoms with van der Waals surface area (Å²) in [6, 6.07) is 16.8. The summed E-state index contributed by atoms with van der Waals surface area (Å²) in [5, 5.41) is 3.04. The number of carbonyl (C=O) groups is 3. The Balaban J connectivity index is 1.37. The number of methoxy groups -OCH3 is 1. The van der Waals surface area contributed by atoms with Gasteiger partial charge in [-0.2, -0.15) is 0 Å². The number of hydrogen-bond donors (Lipinski definition) is 1. The number of fused-ring (bicyclic) bond motifs is 1. The molecule has 1 fully saturated rings. The van der Waals surface area contributed by atoms with Crippen LogP contribution in [-0.2, 0) is 19.7 Å². The Morgan fingerprint density at radius 2 is 1.69 bits per heavy atom. The highest BCUT2D eigenvalue weighted by molar-refractivity contribution is 5.97. The Morgan fingerprint density at radius 3 is 2.40 bits per heavy atom. The molecule has 2 atom stereocenters. The van der Waals surface area contributed by atoms with Crippen LogP contribution in [0, 0.1) is 11.6 Å². The van der Waals surface area contributed by atoms with E-state index in [0.29, 0.717) is 53.9 Å². The van der Waals surface area contributed by atoms with E-state index in [1.807, 2.05) is 0 Å². The molecule has 9 heteroatoms. The number of likely N-dealkylation sites (tertiary alicyclic amines) is 1. The quantitative estimate of drug-likeness (QED) is 0.395. The fraction of sp³-hybridized carbons (Fsp3) is 0.364. The Hall–Kier alpha value is -4.27. The van der Waals surface area contributed by atoms with Crippen molar-refractivity contribution in [3.8, 4) is 5.75 Å². The molecular weight excluding hydrogens is 542 g/mol. The molecule has 220 valence electrons. The van der Waals surface area contributed by atoms with Crippen molar-refractivity contribution in [1.82, 2.24) is 10.2 Å². The number of rotatable bonds is 7. The van der Waals surface area contributed by atoms with Crippen molar-refractivity contribution >= 4 is 17.8 Å². The number of piperidine rings is 1. The van der Waals surface area contributed by atoms with Gasteiger partial charge in [-0.15, -0.1) is 0 Å². The first-order valence-corrected chi connectivity index (χ1v) is 14.2. The average molecular weight is 577 g/mol. The van der Waals surface area contributed by atoms with Crippen LogP contribution < -0.4 is 10.1 Å². The second-order valence-electron chi connectivity index (χ2n) is 10.7. The second-order valence-corrected chi connectivity index (χ2v) is 10.7. The van der Waals surface area contributed by atoms with Crippen LogP contribution in [0.2, 0.25) is 0 Å². The number of nitrogens with one attached hydrogen (secondary N) is 1. The molecule has 5 rings (SSSR count). The minimum Gasteiger partial charge on any atom is -0.496 e. The molecule has 0 saturated carbocycles. The zero-order valence-corrected chi connectivity index (χ0v) is 23.7. The molecule has 1 saturated heterocycles. The lowest BCUT2D eigenvalue weighted by Crippen LogP contribution is -2.49. The predicted molar refractivity (Wildman–Crippen MR) is 152 cm³/mol. The van der Waals surface area contributed by atoms with Crippen molar-refractivity contribution in [1.29, 1.82) is 0 Å². The summed E-state index contributed by atoms with van der Waals surface area (Å²) < 4.78 is 39.8. The summed E-state index contributed by atoms with van der Waals surface area (Å²) in [6.07, 6.45) is 1.58. The number of para-hydroxylation sites is 1. The third kappa shape index (κ3) is 5.47. The molecule has 7 nitrogen and oxygen atoms in total. The number of halogens is 2. The monoisotopic (exact) mass is 576 g/mol. The van der Waals surface area contributed by atoms with Gasteiger partial charge in [0.05, 0.1) is 25.2 Å². The van der Waals surface area contributed by atoms with Crippen LogP contribution in [0.4, 0.5) is 8.78 Å². The van der Waals surface area contributed by atoms with E-state index in [1.54, 1.807) is 42.2 Å². The molecule has 1 heterocycles. The van der Waals surface area contributed by atoms with Gasteiger partial charge in [-0.1, -0.05) is 30.3 Å². The van der Waals surface area contributed by atoms with Gasteiger partial charge >= 0.3 is 5.97 Å². The molecular formula is C33H34F2N2O5. The summed E-state index contributed by atoms with van der Waals surface area (Å²) in [7, 11) is 1.51. The summed E-state index contributed by atoms with van der Waals surface area (Å²) in [5.41, 5.74) is 0.356. The molecule has 0 radical (unpaired) electrons. The molecule has 0 aromatic heterocycles. The first kappa shape index (κ1) is 29.2. The van der Waals surface area contributed by atoms with Gasteiger partial charge < -0.3 is 19.7 Å². The molecule has 3 aromatic rings. The zero-order valence-electron chi connectivity index (χ0n) is 23.7. The Morgan fingerprint density at radius 1 is 0.952 bits per heavy atom. The molecule has 1 aliphatic carbocycles. The number of amides is 2. The molecule has 3 aromatic carbocycles. The number of ether oxygens (including phenoxy) is 2. The molecule has 2 aliphatic rings. The Kier molecular flexibility index (Phi) is 8.56. The predicted octanol–water partition coefficient (Wildman–Crippen LogP) is 5.12. The van der Waals surface area contributed by atoms with Crippen LogP contribution in [-0.4, -0.2) is 55.5 Å². The van der Waals surface area contributed by atoms with Crippen LogP contribution in [0.25, 0.3) is 0 Å². The van der Waals surface area contributed by atoms with Crippen LogP contribution in [0.15, 0.2) is 66.7 Å². The lowest BCUT2D eigenvalue weighted by atomic mass is 9.63. The van der Waals surface area contributed by atoms with Gasteiger partial charge in [0, 0.05) is 19.1 Å². The fourth-order valence-electron chi connectivity index (χ4n) is 6.32. The number of hydrogen-bond acceptors (Lipinski definition) is 5. The SMILES string of the molecule is CCOC(=O)[C@@]1(c2cccc(F)c2)CCC(C(=O)N2CCC(NC(=O)c3ccccc3OC)CC2)c2cc(F)ccc21. The first-order chi connectivity index (χ1) is 20.3. The van der Waals surface area contributed by atoms with E-state index >= 15 is 0 Å². The topological polar surface area (TPSA) is 84.9 Å². The maximum Gasteiger partial charge on any atom is 0.321 e. The molecule has 0 bridgehead atoms. The lowest BCUT2D eigenvalue weighted by molar-refractivity contribution is -0.149. The summed E-state index contributed by atoms with van der Waals surface area (Å²) in [4.78, 5) is 42.0. The first-order valence-electron chi connectivity index (χ1n) is 14.2. The van der Waals surface area contributed by atoms with Crippen LogP contribution in [0.1, 0.15) is 65.6 Å². The lowest BCUT2D eigenvalue weighted by Gasteiger charge is -2.42. The van der Waals surface area contributed by atoms with Gasteiger partial charge in [-0.3, -0.25) is 14.4 Å². The van der Waals surface area contributed by atoms with Gasteiger partial charge in [0.25, 0.3) is 5.91 Å². The van der Waals surface area contributed by atoms with Crippen molar-refractivity contribution in [3.63, 3.8) is 0 Å². The minimum absolute atomic E-state index is 0.119. The maximum atomic E-state index is 14.7. The van der Waals surface area contributed by atoms with Crippen molar-refractivity contribution in [2.45, 2.75) is 50.0 Å².